The highest BCUT2D eigenvalue weighted by atomic mass is 16.2. The Balaban J connectivity index is 1.80. The minimum atomic E-state index is -0.211. The van der Waals surface area contributed by atoms with Crippen LogP contribution in [0.4, 0.5) is 0 Å². The molecule has 7 nitrogen and oxygen atoms in total. The van der Waals surface area contributed by atoms with E-state index in [4.69, 9.17) is 0 Å². The van der Waals surface area contributed by atoms with Crippen molar-refractivity contribution >= 4 is 22.8 Å². The first-order chi connectivity index (χ1) is 12.5. The molecule has 1 aliphatic heterocycles. The molecule has 3 aromatic rings. The second-order valence-corrected chi connectivity index (χ2v) is 6.52. The maximum atomic E-state index is 13.4. The van der Waals surface area contributed by atoms with Gasteiger partial charge in [0.15, 0.2) is 5.65 Å². The van der Waals surface area contributed by atoms with Crippen molar-refractivity contribution in [2.24, 2.45) is 0 Å². The molecule has 2 amide bonds. The van der Waals surface area contributed by atoms with Crippen LogP contribution in [0.5, 0.6) is 0 Å². The lowest BCUT2D eigenvalue weighted by atomic mass is 10.0. The molecule has 132 valence electrons. The molecule has 2 aromatic heterocycles. The van der Waals surface area contributed by atoms with E-state index in [1.165, 1.54) is 0 Å². The minimum Gasteiger partial charge on any atom is -0.352 e. The first-order valence-corrected chi connectivity index (χ1v) is 8.49. The van der Waals surface area contributed by atoms with Gasteiger partial charge in [0.2, 0.25) is 5.91 Å². The van der Waals surface area contributed by atoms with Gasteiger partial charge in [-0.05, 0) is 25.5 Å². The molecule has 0 saturated carbocycles. The molecule has 2 N–H and O–H groups in total. The van der Waals surface area contributed by atoms with Gasteiger partial charge in [0.1, 0.15) is 6.54 Å². The molecule has 7 heteroatoms. The number of hydrogen-bond acceptors (Lipinski definition) is 4. The zero-order valence-corrected chi connectivity index (χ0v) is 14.6. The molecule has 1 aromatic carbocycles. The summed E-state index contributed by atoms with van der Waals surface area (Å²) in [5.41, 5.74) is 3.53. The number of fused-ring (bicyclic) bond motifs is 1. The van der Waals surface area contributed by atoms with Gasteiger partial charge in [-0.3, -0.25) is 14.7 Å². The summed E-state index contributed by atoms with van der Waals surface area (Å²) in [4.78, 5) is 31.4. The van der Waals surface area contributed by atoms with Crippen LogP contribution in [0.3, 0.4) is 0 Å². The first kappa shape index (κ1) is 16.3. The number of aromatic nitrogens is 3. The lowest BCUT2D eigenvalue weighted by molar-refractivity contribution is -0.124. The fraction of sp³-hybridized carbons (Fsp3) is 0.263. The molecule has 0 spiro atoms. The number of piperazine rings is 1. The van der Waals surface area contributed by atoms with Gasteiger partial charge < -0.3 is 10.2 Å². The van der Waals surface area contributed by atoms with Gasteiger partial charge >= 0.3 is 0 Å². The summed E-state index contributed by atoms with van der Waals surface area (Å²) in [7, 11) is 0. The largest absolute Gasteiger partial charge is 0.352 e. The number of H-pyrrole nitrogens is 1. The first-order valence-electron chi connectivity index (χ1n) is 8.49. The monoisotopic (exact) mass is 349 g/mol. The molecule has 0 radical (unpaired) electrons. The fourth-order valence-corrected chi connectivity index (χ4v) is 3.45. The number of benzene rings is 1. The van der Waals surface area contributed by atoms with Gasteiger partial charge in [-0.15, -0.1) is 0 Å². The van der Waals surface area contributed by atoms with Crippen LogP contribution in [-0.2, 0) is 4.79 Å². The molecular formula is C19H19N5O2. The van der Waals surface area contributed by atoms with Gasteiger partial charge in [0.05, 0.1) is 17.0 Å². The van der Waals surface area contributed by atoms with E-state index in [2.05, 4.69) is 20.5 Å². The summed E-state index contributed by atoms with van der Waals surface area (Å²) in [6, 6.07) is 11.3. The zero-order valence-electron chi connectivity index (χ0n) is 14.6. The Bertz CT molecular complexity index is 996. The topological polar surface area (TPSA) is 91.0 Å². The quantitative estimate of drug-likeness (QED) is 0.739. The molecular weight excluding hydrogens is 330 g/mol. The van der Waals surface area contributed by atoms with E-state index >= 15 is 0 Å². The summed E-state index contributed by atoms with van der Waals surface area (Å²) in [5, 5.41) is 10.6. The third kappa shape index (κ3) is 2.71. The molecule has 0 bridgehead atoms. The Morgan fingerprint density at radius 1 is 1.23 bits per heavy atom. The molecule has 0 aliphatic carbocycles. The van der Waals surface area contributed by atoms with Crippen molar-refractivity contribution in [3.8, 4) is 0 Å². The Labute approximate surface area is 150 Å². The molecule has 1 atom stereocenters. The van der Waals surface area contributed by atoms with E-state index in [1.807, 2.05) is 44.2 Å². The van der Waals surface area contributed by atoms with E-state index in [-0.39, 0.29) is 24.4 Å². The van der Waals surface area contributed by atoms with Gasteiger partial charge in [-0.2, -0.15) is 5.10 Å². The van der Waals surface area contributed by atoms with Crippen molar-refractivity contribution in [2.75, 3.05) is 13.1 Å². The number of nitrogens with zero attached hydrogens (tertiary/aromatic N) is 3. The van der Waals surface area contributed by atoms with Crippen molar-refractivity contribution in [2.45, 2.75) is 19.9 Å². The third-order valence-electron chi connectivity index (χ3n) is 4.69. The smallest absolute Gasteiger partial charge is 0.255 e. The second kappa shape index (κ2) is 6.25. The number of carbonyl (C=O) groups is 2. The van der Waals surface area contributed by atoms with Gasteiger partial charge in [-0.25, -0.2) is 4.98 Å². The lowest BCUT2D eigenvalue weighted by Crippen LogP contribution is -2.51. The molecule has 1 aliphatic rings. The third-order valence-corrected chi connectivity index (χ3v) is 4.69. The Hall–Kier alpha value is -3.22. The number of aryl methyl sites for hydroxylation is 2. The number of rotatable bonds is 2. The Morgan fingerprint density at radius 3 is 2.77 bits per heavy atom. The standard InChI is InChI=1S/C19H19N5O2/c1-11-8-14(17-12(2)22-23-18(17)21-11)19(26)24-10-16(25)20-9-15(24)13-6-4-3-5-7-13/h3-8,15H,9-10H2,1-2H3,(H,20,25)(H,21,22,23). The van der Waals surface area contributed by atoms with Crippen LogP contribution < -0.4 is 5.32 Å². The predicted octanol–water partition coefficient (Wildman–Crippen LogP) is 1.89. The summed E-state index contributed by atoms with van der Waals surface area (Å²) in [6.45, 7) is 4.11. The molecule has 4 rings (SSSR count). The second-order valence-electron chi connectivity index (χ2n) is 6.52. The fourth-order valence-electron chi connectivity index (χ4n) is 3.45. The summed E-state index contributed by atoms with van der Waals surface area (Å²) in [6.07, 6.45) is 0. The van der Waals surface area contributed by atoms with E-state index < -0.39 is 0 Å². The summed E-state index contributed by atoms with van der Waals surface area (Å²) >= 11 is 0. The molecule has 1 fully saturated rings. The Morgan fingerprint density at radius 2 is 2.00 bits per heavy atom. The Kier molecular flexibility index (Phi) is 3.91. The van der Waals surface area contributed by atoms with Gasteiger partial charge in [-0.1, -0.05) is 30.3 Å². The van der Waals surface area contributed by atoms with Crippen molar-refractivity contribution in [1.29, 1.82) is 0 Å². The van der Waals surface area contributed by atoms with Crippen molar-refractivity contribution in [3.63, 3.8) is 0 Å². The molecule has 1 unspecified atom stereocenters. The van der Waals surface area contributed by atoms with Gasteiger partial charge in [0, 0.05) is 17.9 Å². The maximum Gasteiger partial charge on any atom is 0.255 e. The highest BCUT2D eigenvalue weighted by Gasteiger charge is 2.33. The SMILES string of the molecule is Cc1cc(C(=O)N2CC(=O)NCC2c2ccccc2)c2c(C)[nH]nc2n1. The number of pyridine rings is 1. The highest BCUT2D eigenvalue weighted by molar-refractivity contribution is 6.07. The van der Waals surface area contributed by atoms with E-state index in [9.17, 15) is 9.59 Å². The molecule has 3 heterocycles. The average molecular weight is 349 g/mol. The number of hydrogen-bond donors (Lipinski definition) is 2. The van der Waals surface area contributed by atoms with Gasteiger partial charge in [0.25, 0.3) is 5.91 Å². The number of carbonyl (C=O) groups excluding carboxylic acids is 2. The van der Waals surface area contributed by atoms with Crippen molar-refractivity contribution in [1.82, 2.24) is 25.4 Å². The average Bonchev–Trinajstić information content (AvgIpc) is 3.02. The number of nitrogens with one attached hydrogen (secondary N) is 2. The highest BCUT2D eigenvalue weighted by Crippen LogP contribution is 2.28. The van der Waals surface area contributed by atoms with Crippen LogP contribution >= 0.6 is 0 Å². The van der Waals surface area contributed by atoms with Crippen LogP contribution in [0.2, 0.25) is 0 Å². The molecule has 1 saturated heterocycles. The van der Waals surface area contributed by atoms with Crippen LogP contribution in [0, 0.1) is 13.8 Å². The van der Waals surface area contributed by atoms with E-state index in [0.717, 1.165) is 11.3 Å². The lowest BCUT2D eigenvalue weighted by Gasteiger charge is -2.36. The summed E-state index contributed by atoms with van der Waals surface area (Å²) in [5.74, 6) is -0.342. The van der Waals surface area contributed by atoms with Crippen LogP contribution in [0.25, 0.3) is 11.0 Å². The predicted molar refractivity (Wildman–Crippen MR) is 96.6 cm³/mol. The van der Waals surface area contributed by atoms with Crippen molar-refractivity contribution in [3.05, 3.63) is 58.9 Å². The van der Waals surface area contributed by atoms with Crippen LogP contribution in [0.15, 0.2) is 36.4 Å². The van der Waals surface area contributed by atoms with E-state index in [1.54, 1.807) is 11.0 Å². The number of aromatic amines is 1. The summed E-state index contributed by atoms with van der Waals surface area (Å²) < 4.78 is 0. The van der Waals surface area contributed by atoms with Crippen LogP contribution in [-0.4, -0.2) is 45.0 Å². The number of amides is 2. The van der Waals surface area contributed by atoms with Crippen molar-refractivity contribution < 1.29 is 9.59 Å². The van der Waals surface area contributed by atoms with Crippen LogP contribution in [0.1, 0.15) is 33.4 Å². The zero-order chi connectivity index (χ0) is 18.3. The van der Waals surface area contributed by atoms with E-state index in [0.29, 0.717) is 28.8 Å². The molecule has 26 heavy (non-hydrogen) atoms. The maximum absolute atomic E-state index is 13.4. The minimum absolute atomic E-state index is 0.0259. The normalized spacial score (nSPS) is 17.4.